The summed E-state index contributed by atoms with van der Waals surface area (Å²) >= 11 is 0. The van der Waals surface area contributed by atoms with Crippen molar-refractivity contribution in [3.05, 3.63) is 0 Å². The Morgan fingerprint density at radius 2 is 1.69 bits per heavy atom. The molecule has 13 heavy (non-hydrogen) atoms. The van der Waals surface area contributed by atoms with E-state index in [1.54, 1.807) is 21.3 Å². The Labute approximate surface area is 80.5 Å². The van der Waals surface area contributed by atoms with Gasteiger partial charge in [-0.05, 0) is 6.42 Å². The smallest absolute Gasteiger partial charge is 0.375 e. The van der Waals surface area contributed by atoms with Crippen LogP contribution in [0.25, 0.3) is 0 Å². The molecule has 1 heterocycles. The second-order valence-corrected chi connectivity index (χ2v) is 6.10. The van der Waals surface area contributed by atoms with Crippen molar-refractivity contribution in [1.82, 2.24) is 0 Å². The van der Waals surface area contributed by atoms with Gasteiger partial charge in [-0.15, -0.1) is 0 Å². The minimum absolute atomic E-state index is 0.0486. The Morgan fingerprint density at radius 3 is 2.08 bits per heavy atom. The van der Waals surface area contributed by atoms with Crippen LogP contribution in [0.2, 0.25) is 0 Å². The van der Waals surface area contributed by atoms with E-state index in [0.717, 1.165) is 12.8 Å². The number of rotatable bonds is 6. The Morgan fingerprint density at radius 1 is 1.15 bits per heavy atom. The van der Waals surface area contributed by atoms with Crippen LogP contribution in [0.15, 0.2) is 0 Å². The molecule has 0 bridgehead atoms. The summed E-state index contributed by atoms with van der Waals surface area (Å²) < 4.78 is 21.4. The van der Waals surface area contributed by atoms with Crippen molar-refractivity contribution >= 4 is 8.80 Å². The molecule has 0 aromatic rings. The summed E-state index contributed by atoms with van der Waals surface area (Å²) in [4.78, 5) is 0. The van der Waals surface area contributed by atoms with Gasteiger partial charge in [0.2, 0.25) is 0 Å². The van der Waals surface area contributed by atoms with Gasteiger partial charge in [-0.25, -0.2) is 0 Å². The van der Waals surface area contributed by atoms with Crippen molar-refractivity contribution in [2.75, 3.05) is 21.3 Å². The number of ether oxygens (including phenoxy) is 1. The van der Waals surface area contributed by atoms with E-state index in [0.29, 0.717) is 0 Å². The lowest BCUT2D eigenvalue weighted by molar-refractivity contribution is 0.110. The maximum Gasteiger partial charge on any atom is 0.533 e. The largest absolute Gasteiger partial charge is 0.533 e. The Hall–Kier alpha value is 0.0569. The third-order valence-electron chi connectivity index (χ3n) is 2.36. The van der Waals surface area contributed by atoms with E-state index in [1.807, 2.05) is 0 Å². The van der Waals surface area contributed by atoms with Gasteiger partial charge in [-0.1, -0.05) is 13.3 Å². The van der Waals surface area contributed by atoms with Crippen molar-refractivity contribution in [3.8, 4) is 0 Å². The van der Waals surface area contributed by atoms with E-state index < -0.39 is 8.80 Å². The Bertz CT molecular complexity index is 152. The van der Waals surface area contributed by atoms with Gasteiger partial charge in [0, 0.05) is 21.3 Å². The predicted molar refractivity (Wildman–Crippen MR) is 50.4 cm³/mol. The molecule has 0 saturated carbocycles. The predicted octanol–water partition coefficient (Wildman–Crippen LogP) is 0.971. The fourth-order valence-electron chi connectivity index (χ4n) is 1.56. The summed E-state index contributed by atoms with van der Waals surface area (Å²) in [6.45, 7) is 2.13. The first-order chi connectivity index (χ1) is 6.24. The van der Waals surface area contributed by atoms with E-state index in [4.69, 9.17) is 18.0 Å². The molecule has 0 spiro atoms. The van der Waals surface area contributed by atoms with Gasteiger partial charge in [0.05, 0.1) is 6.10 Å². The van der Waals surface area contributed by atoms with Crippen LogP contribution in [0, 0.1) is 0 Å². The fraction of sp³-hybridized carbons (Fsp3) is 1.00. The average Bonchev–Trinajstić information content (AvgIpc) is 2.90. The number of hydrogen-bond acceptors (Lipinski definition) is 4. The molecular weight excluding hydrogens is 188 g/mol. The number of epoxide rings is 1. The summed E-state index contributed by atoms with van der Waals surface area (Å²) in [7, 11) is 2.34. The molecule has 78 valence electrons. The van der Waals surface area contributed by atoms with Crippen molar-refractivity contribution in [2.24, 2.45) is 0 Å². The van der Waals surface area contributed by atoms with E-state index in [1.165, 1.54) is 0 Å². The summed E-state index contributed by atoms with van der Waals surface area (Å²) in [5, 5.41) is 0. The minimum atomic E-state index is -2.51. The summed E-state index contributed by atoms with van der Waals surface area (Å²) in [5.74, 6) is 0. The molecule has 1 saturated heterocycles. The van der Waals surface area contributed by atoms with Crippen molar-refractivity contribution in [2.45, 2.75) is 31.6 Å². The van der Waals surface area contributed by atoms with Gasteiger partial charge >= 0.3 is 8.80 Å². The fourth-order valence-corrected chi connectivity index (χ4v) is 3.72. The van der Waals surface area contributed by atoms with Crippen molar-refractivity contribution in [3.63, 3.8) is 0 Å². The first-order valence-electron chi connectivity index (χ1n) is 4.55. The zero-order chi connectivity index (χ0) is 9.90. The Balaban J connectivity index is 2.48. The molecule has 0 aromatic heterocycles. The SMILES string of the molecule is CCCC1OC1[Si](OC)(OC)OC. The zero-order valence-corrected chi connectivity index (χ0v) is 9.70. The molecule has 2 unspecified atom stereocenters. The second-order valence-electron chi connectivity index (χ2n) is 3.10. The highest BCUT2D eigenvalue weighted by Crippen LogP contribution is 2.35. The van der Waals surface area contributed by atoms with Crippen molar-refractivity contribution < 1.29 is 18.0 Å². The van der Waals surface area contributed by atoms with Gasteiger partial charge in [0.1, 0.15) is 0 Å². The third-order valence-corrected chi connectivity index (χ3v) is 5.27. The highest BCUT2D eigenvalue weighted by molar-refractivity contribution is 6.63. The quantitative estimate of drug-likeness (QED) is 0.479. The van der Waals surface area contributed by atoms with E-state index in [2.05, 4.69) is 6.92 Å². The van der Waals surface area contributed by atoms with Crippen LogP contribution >= 0.6 is 0 Å². The molecule has 1 fully saturated rings. The van der Waals surface area contributed by atoms with Crippen LogP contribution < -0.4 is 0 Å². The van der Waals surface area contributed by atoms with Crippen LogP contribution in [0.4, 0.5) is 0 Å². The summed E-state index contributed by atoms with van der Waals surface area (Å²) in [5.41, 5.74) is 0.0486. The minimum Gasteiger partial charge on any atom is -0.375 e. The zero-order valence-electron chi connectivity index (χ0n) is 8.70. The van der Waals surface area contributed by atoms with E-state index in [-0.39, 0.29) is 11.8 Å². The molecule has 4 nitrogen and oxygen atoms in total. The first kappa shape index (κ1) is 11.1. The molecule has 0 aromatic carbocycles. The first-order valence-corrected chi connectivity index (χ1v) is 6.35. The van der Waals surface area contributed by atoms with E-state index >= 15 is 0 Å². The van der Waals surface area contributed by atoms with Gasteiger partial charge in [0.25, 0.3) is 0 Å². The highest BCUT2D eigenvalue weighted by Gasteiger charge is 2.61. The molecule has 1 rings (SSSR count). The van der Waals surface area contributed by atoms with Gasteiger partial charge in [0.15, 0.2) is 5.73 Å². The van der Waals surface area contributed by atoms with Crippen molar-refractivity contribution in [1.29, 1.82) is 0 Å². The Kier molecular flexibility index (Phi) is 3.87. The number of hydrogen-bond donors (Lipinski definition) is 0. The lowest BCUT2D eigenvalue weighted by atomic mass is 10.3. The van der Waals surface area contributed by atoms with Gasteiger partial charge in [-0.2, -0.15) is 0 Å². The lowest BCUT2D eigenvalue weighted by Gasteiger charge is -2.22. The summed E-state index contributed by atoms with van der Waals surface area (Å²) in [6, 6.07) is 0. The molecule has 5 heteroatoms. The second kappa shape index (κ2) is 4.52. The molecular formula is C8H18O4Si. The maximum absolute atomic E-state index is 5.48. The standard InChI is InChI=1S/C8H18O4Si/c1-5-6-7-8(12-7)13(9-2,10-3)11-4/h7-8H,5-6H2,1-4H3. The van der Waals surface area contributed by atoms with Crippen LogP contribution in [0.5, 0.6) is 0 Å². The molecule has 1 aliphatic rings. The molecule has 2 atom stereocenters. The molecule has 0 radical (unpaired) electrons. The highest BCUT2D eigenvalue weighted by atomic mass is 28.4. The third kappa shape index (κ3) is 2.11. The van der Waals surface area contributed by atoms with Gasteiger partial charge in [-0.3, -0.25) is 0 Å². The van der Waals surface area contributed by atoms with E-state index in [9.17, 15) is 0 Å². The van der Waals surface area contributed by atoms with Crippen LogP contribution in [-0.4, -0.2) is 42.0 Å². The summed E-state index contributed by atoms with van der Waals surface area (Å²) in [6.07, 6.45) is 2.44. The van der Waals surface area contributed by atoms with Crippen LogP contribution in [-0.2, 0) is 18.0 Å². The normalized spacial score (nSPS) is 27.7. The van der Waals surface area contributed by atoms with Crippen LogP contribution in [0.1, 0.15) is 19.8 Å². The maximum atomic E-state index is 5.48. The monoisotopic (exact) mass is 206 g/mol. The molecule has 0 amide bonds. The topological polar surface area (TPSA) is 40.2 Å². The lowest BCUT2D eigenvalue weighted by Crippen LogP contribution is -2.50. The molecule has 0 N–H and O–H groups in total. The molecule has 0 aliphatic carbocycles. The average molecular weight is 206 g/mol. The molecule has 1 aliphatic heterocycles. The van der Waals surface area contributed by atoms with Crippen LogP contribution in [0.3, 0.4) is 0 Å². The van der Waals surface area contributed by atoms with Gasteiger partial charge < -0.3 is 18.0 Å².